The van der Waals surface area contributed by atoms with Gasteiger partial charge in [-0.1, -0.05) is 49.4 Å². The summed E-state index contributed by atoms with van der Waals surface area (Å²) in [4.78, 5) is 14.4. The van der Waals surface area contributed by atoms with Crippen LogP contribution in [0.2, 0.25) is 0 Å². The molecule has 1 aromatic heterocycles. The van der Waals surface area contributed by atoms with Gasteiger partial charge in [-0.25, -0.2) is 9.97 Å². The molecule has 0 spiro atoms. The van der Waals surface area contributed by atoms with E-state index in [-0.39, 0.29) is 0 Å². The highest BCUT2D eigenvalue weighted by atomic mass is 16.5. The Bertz CT molecular complexity index is 942. The highest BCUT2D eigenvalue weighted by molar-refractivity contribution is 5.91. The van der Waals surface area contributed by atoms with Gasteiger partial charge in [0.1, 0.15) is 5.82 Å². The van der Waals surface area contributed by atoms with E-state index in [0.717, 1.165) is 60.7 Å². The van der Waals surface area contributed by atoms with E-state index in [4.69, 9.17) is 14.7 Å². The molecule has 1 atom stereocenters. The van der Waals surface area contributed by atoms with Crippen molar-refractivity contribution in [3.63, 3.8) is 0 Å². The maximum atomic E-state index is 10.2. The molecule has 1 saturated heterocycles. The quantitative estimate of drug-likeness (QED) is 0.580. The Morgan fingerprint density at radius 2 is 1.70 bits per heavy atom. The van der Waals surface area contributed by atoms with Crippen LogP contribution >= 0.6 is 0 Å². The van der Waals surface area contributed by atoms with E-state index < -0.39 is 6.10 Å². The maximum Gasteiger partial charge on any atom is 0.162 e. The smallest absolute Gasteiger partial charge is 0.162 e. The molecule has 1 fully saturated rings. The van der Waals surface area contributed by atoms with Crippen molar-refractivity contribution in [3.8, 4) is 11.4 Å². The van der Waals surface area contributed by atoms with E-state index in [0.29, 0.717) is 19.8 Å². The van der Waals surface area contributed by atoms with Gasteiger partial charge in [-0.05, 0) is 18.6 Å². The molecule has 6 heteroatoms. The summed E-state index contributed by atoms with van der Waals surface area (Å²) in [7, 11) is 0. The third-order valence-corrected chi connectivity index (χ3v) is 5.41. The van der Waals surface area contributed by atoms with Gasteiger partial charge >= 0.3 is 0 Å². The van der Waals surface area contributed by atoms with Gasteiger partial charge in [-0.2, -0.15) is 0 Å². The summed E-state index contributed by atoms with van der Waals surface area (Å²) in [6.45, 7) is 7.37. The number of fused-ring (bicyclic) bond motifs is 1. The number of β-amino-alcohol motifs (C(OH)–C–C–N with tert-alkyl or cyclic N) is 1. The second kappa shape index (κ2) is 9.98. The Morgan fingerprint density at radius 1 is 0.967 bits per heavy atom. The van der Waals surface area contributed by atoms with Crippen molar-refractivity contribution in [2.75, 3.05) is 50.8 Å². The predicted molar refractivity (Wildman–Crippen MR) is 121 cm³/mol. The number of hydrogen-bond donors (Lipinski definition) is 1. The van der Waals surface area contributed by atoms with Crippen molar-refractivity contribution in [1.82, 2.24) is 14.9 Å². The molecule has 1 unspecified atom stereocenters. The lowest BCUT2D eigenvalue weighted by Crippen LogP contribution is -2.49. The van der Waals surface area contributed by atoms with E-state index in [1.54, 1.807) is 0 Å². The van der Waals surface area contributed by atoms with E-state index >= 15 is 0 Å². The molecule has 1 aliphatic rings. The minimum absolute atomic E-state index is 0.408. The fraction of sp³-hybridized carbons (Fsp3) is 0.417. The lowest BCUT2D eigenvalue weighted by molar-refractivity contribution is 0.0160. The molecule has 0 saturated carbocycles. The van der Waals surface area contributed by atoms with Gasteiger partial charge < -0.3 is 14.7 Å². The first-order valence-electron chi connectivity index (χ1n) is 10.8. The molecule has 4 rings (SSSR count). The summed E-state index contributed by atoms with van der Waals surface area (Å²) >= 11 is 0. The summed E-state index contributed by atoms with van der Waals surface area (Å²) in [5.41, 5.74) is 1.99. The number of nitrogens with zero attached hydrogens (tertiary/aromatic N) is 4. The molecule has 3 aromatic rings. The van der Waals surface area contributed by atoms with Gasteiger partial charge in [0.05, 0.1) is 18.2 Å². The third-order valence-electron chi connectivity index (χ3n) is 5.41. The van der Waals surface area contributed by atoms with Crippen LogP contribution in [-0.2, 0) is 4.74 Å². The summed E-state index contributed by atoms with van der Waals surface area (Å²) in [5.74, 6) is 1.75. The first kappa shape index (κ1) is 20.7. The average Bonchev–Trinajstić information content (AvgIpc) is 2.80. The van der Waals surface area contributed by atoms with E-state index in [1.807, 2.05) is 42.5 Å². The van der Waals surface area contributed by atoms with E-state index in [9.17, 15) is 5.11 Å². The fourth-order valence-corrected chi connectivity index (χ4v) is 3.87. The highest BCUT2D eigenvalue weighted by Gasteiger charge is 2.22. The highest BCUT2D eigenvalue weighted by Crippen LogP contribution is 2.28. The summed E-state index contributed by atoms with van der Waals surface area (Å²) in [6, 6.07) is 18.3. The van der Waals surface area contributed by atoms with Crippen LogP contribution in [-0.4, -0.2) is 72.0 Å². The zero-order valence-electron chi connectivity index (χ0n) is 17.6. The third kappa shape index (κ3) is 4.95. The SMILES string of the molecule is CCCOCC(O)CN1CCN(c2nc(-c3ccccc3)nc3ccccc23)CC1. The minimum Gasteiger partial charge on any atom is -0.389 e. The van der Waals surface area contributed by atoms with Crippen molar-refractivity contribution >= 4 is 16.7 Å². The molecule has 0 bridgehead atoms. The van der Waals surface area contributed by atoms with Crippen molar-refractivity contribution < 1.29 is 9.84 Å². The largest absolute Gasteiger partial charge is 0.389 e. The van der Waals surface area contributed by atoms with Crippen LogP contribution in [0.3, 0.4) is 0 Å². The van der Waals surface area contributed by atoms with Crippen LogP contribution in [0.15, 0.2) is 54.6 Å². The molecule has 1 aliphatic heterocycles. The number of rotatable bonds is 8. The molecule has 1 N–H and O–H groups in total. The van der Waals surface area contributed by atoms with Gasteiger partial charge in [0.15, 0.2) is 5.82 Å². The monoisotopic (exact) mass is 406 g/mol. The number of benzene rings is 2. The van der Waals surface area contributed by atoms with Crippen molar-refractivity contribution in [2.45, 2.75) is 19.4 Å². The molecule has 0 amide bonds. The summed E-state index contributed by atoms with van der Waals surface area (Å²) in [6.07, 6.45) is 0.538. The Balaban J connectivity index is 1.49. The average molecular weight is 407 g/mol. The van der Waals surface area contributed by atoms with E-state index in [1.165, 1.54) is 0 Å². The molecular weight excluding hydrogens is 376 g/mol. The molecule has 6 nitrogen and oxygen atoms in total. The second-order valence-corrected chi connectivity index (χ2v) is 7.77. The van der Waals surface area contributed by atoms with Crippen LogP contribution in [0, 0.1) is 0 Å². The number of hydrogen-bond acceptors (Lipinski definition) is 6. The van der Waals surface area contributed by atoms with Gasteiger partial charge in [-0.15, -0.1) is 0 Å². The van der Waals surface area contributed by atoms with Crippen molar-refractivity contribution in [3.05, 3.63) is 54.6 Å². The summed E-state index contributed by atoms with van der Waals surface area (Å²) in [5, 5.41) is 11.3. The molecule has 0 radical (unpaired) electrons. The lowest BCUT2D eigenvalue weighted by Gasteiger charge is -2.36. The lowest BCUT2D eigenvalue weighted by atomic mass is 10.1. The molecule has 2 heterocycles. The first-order valence-corrected chi connectivity index (χ1v) is 10.8. The van der Waals surface area contributed by atoms with Crippen LogP contribution in [0.5, 0.6) is 0 Å². The number of ether oxygens (including phenoxy) is 1. The summed E-state index contributed by atoms with van der Waals surface area (Å²) < 4.78 is 5.48. The maximum absolute atomic E-state index is 10.2. The normalized spacial score (nSPS) is 16.1. The van der Waals surface area contributed by atoms with Crippen LogP contribution in [0.25, 0.3) is 22.3 Å². The number of aromatic nitrogens is 2. The number of anilines is 1. The topological polar surface area (TPSA) is 61.7 Å². The predicted octanol–water partition coefficient (Wildman–Crippen LogP) is 3.21. The Kier molecular flexibility index (Phi) is 6.89. The second-order valence-electron chi connectivity index (χ2n) is 7.77. The van der Waals surface area contributed by atoms with Gasteiger partial charge in [0.2, 0.25) is 0 Å². The molecule has 30 heavy (non-hydrogen) atoms. The van der Waals surface area contributed by atoms with Crippen molar-refractivity contribution in [2.24, 2.45) is 0 Å². The zero-order valence-corrected chi connectivity index (χ0v) is 17.6. The van der Waals surface area contributed by atoms with Gasteiger partial charge in [0, 0.05) is 50.3 Å². The minimum atomic E-state index is -0.437. The number of aliphatic hydroxyl groups is 1. The van der Waals surface area contributed by atoms with Gasteiger partial charge in [-0.3, -0.25) is 4.90 Å². The van der Waals surface area contributed by atoms with Crippen LogP contribution in [0.1, 0.15) is 13.3 Å². The van der Waals surface area contributed by atoms with Crippen LogP contribution in [0.4, 0.5) is 5.82 Å². The molecule has 2 aromatic carbocycles. The van der Waals surface area contributed by atoms with Crippen LogP contribution < -0.4 is 4.90 Å². The standard InChI is InChI=1S/C24H30N4O2/c1-2-16-30-18-20(29)17-27-12-14-28(15-13-27)24-21-10-6-7-11-22(21)25-23(26-24)19-8-4-3-5-9-19/h3-11,20,29H,2,12-18H2,1H3. The molecular formula is C24H30N4O2. The Morgan fingerprint density at radius 3 is 2.47 bits per heavy atom. The number of para-hydroxylation sites is 1. The van der Waals surface area contributed by atoms with E-state index in [2.05, 4.69) is 28.9 Å². The van der Waals surface area contributed by atoms with Crippen molar-refractivity contribution in [1.29, 1.82) is 0 Å². The molecule has 158 valence electrons. The fourth-order valence-electron chi connectivity index (χ4n) is 3.87. The number of aliphatic hydroxyl groups excluding tert-OH is 1. The Hall–Kier alpha value is -2.54. The number of piperazine rings is 1. The Labute approximate surface area is 178 Å². The zero-order chi connectivity index (χ0) is 20.8. The molecule has 0 aliphatic carbocycles. The van der Waals surface area contributed by atoms with Gasteiger partial charge in [0.25, 0.3) is 0 Å². The first-order chi connectivity index (χ1) is 14.7.